The number of furan rings is 1. The molecule has 0 saturated carbocycles. The van der Waals surface area contributed by atoms with Crippen LogP contribution in [0.3, 0.4) is 0 Å². The second kappa shape index (κ2) is 7.85. The molecule has 0 aliphatic carbocycles. The molecule has 146 valence electrons. The summed E-state index contributed by atoms with van der Waals surface area (Å²) in [6, 6.07) is 9.85. The molecule has 0 bridgehead atoms. The van der Waals surface area contributed by atoms with Crippen LogP contribution in [0.4, 0.5) is 4.39 Å². The number of benzene rings is 2. The minimum absolute atomic E-state index is 0.0383. The molecule has 8 heteroatoms. The molecule has 6 nitrogen and oxygen atoms in total. The fraction of sp³-hybridized carbons (Fsp3) is 0.150. The first kappa shape index (κ1) is 19.6. The first-order chi connectivity index (χ1) is 13.4. The van der Waals surface area contributed by atoms with Gasteiger partial charge in [-0.1, -0.05) is 24.3 Å². The summed E-state index contributed by atoms with van der Waals surface area (Å²) in [5.74, 6) is -2.07. The highest BCUT2D eigenvalue weighted by atomic mass is 32.2. The zero-order valence-corrected chi connectivity index (χ0v) is 16.0. The lowest BCUT2D eigenvalue weighted by molar-refractivity contribution is 0.0596. The number of hydrogen-bond donors (Lipinski definition) is 0. The predicted molar refractivity (Wildman–Crippen MR) is 99.3 cm³/mol. The van der Waals surface area contributed by atoms with Crippen molar-refractivity contribution >= 4 is 15.8 Å². The van der Waals surface area contributed by atoms with Crippen molar-refractivity contribution in [3.63, 3.8) is 0 Å². The van der Waals surface area contributed by atoms with Gasteiger partial charge in [0.25, 0.3) is 0 Å². The van der Waals surface area contributed by atoms with Gasteiger partial charge < -0.3 is 13.9 Å². The van der Waals surface area contributed by atoms with Crippen molar-refractivity contribution in [1.29, 1.82) is 0 Å². The Labute approximate surface area is 161 Å². The topological polar surface area (TPSA) is 82.8 Å². The number of ether oxygens (including phenoxy) is 2. The van der Waals surface area contributed by atoms with Crippen LogP contribution in [0.1, 0.15) is 15.9 Å². The molecule has 1 heterocycles. The van der Waals surface area contributed by atoms with Gasteiger partial charge in [0.1, 0.15) is 22.0 Å². The van der Waals surface area contributed by atoms with Gasteiger partial charge in [0, 0.05) is 11.1 Å². The van der Waals surface area contributed by atoms with E-state index in [9.17, 15) is 17.6 Å². The van der Waals surface area contributed by atoms with Crippen LogP contribution in [-0.4, -0.2) is 28.6 Å². The third kappa shape index (κ3) is 3.63. The second-order valence-electron chi connectivity index (χ2n) is 5.87. The summed E-state index contributed by atoms with van der Waals surface area (Å²) in [6.07, 6.45) is 2.93. The molecule has 2 aromatic carbocycles. The molecule has 0 saturated heterocycles. The first-order valence-corrected chi connectivity index (χ1v) is 9.82. The summed E-state index contributed by atoms with van der Waals surface area (Å²) in [5.41, 5.74) is 1.28. The number of sulfone groups is 1. The number of carbonyl (C=O) groups excluding carboxylic acids is 1. The number of methoxy groups -OCH3 is 2. The van der Waals surface area contributed by atoms with Gasteiger partial charge in [-0.25, -0.2) is 17.6 Å². The third-order valence-electron chi connectivity index (χ3n) is 4.19. The van der Waals surface area contributed by atoms with Gasteiger partial charge in [0.2, 0.25) is 0 Å². The van der Waals surface area contributed by atoms with Crippen molar-refractivity contribution in [2.75, 3.05) is 14.2 Å². The zero-order valence-electron chi connectivity index (χ0n) is 15.1. The Morgan fingerprint density at radius 3 is 2.46 bits per heavy atom. The van der Waals surface area contributed by atoms with E-state index >= 15 is 0 Å². The highest BCUT2D eigenvalue weighted by Crippen LogP contribution is 2.37. The first-order valence-electron chi connectivity index (χ1n) is 8.17. The number of carbonyl (C=O) groups is 1. The molecular formula is C20H17FO6S. The largest absolute Gasteiger partial charge is 0.495 e. The molecule has 0 atom stereocenters. The van der Waals surface area contributed by atoms with E-state index in [1.807, 2.05) is 0 Å². The lowest BCUT2D eigenvalue weighted by atomic mass is 9.99. The molecular weight excluding hydrogens is 387 g/mol. The summed E-state index contributed by atoms with van der Waals surface area (Å²) in [5, 5.41) is 0. The van der Waals surface area contributed by atoms with Gasteiger partial charge in [0.05, 0.1) is 32.5 Å². The maximum atomic E-state index is 14.0. The number of hydrogen-bond acceptors (Lipinski definition) is 6. The van der Waals surface area contributed by atoms with E-state index in [0.29, 0.717) is 11.1 Å². The summed E-state index contributed by atoms with van der Waals surface area (Å²) in [6.45, 7) is 0. The van der Waals surface area contributed by atoms with Crippen LogP contribution in [-0.2, 0) is 20.3 Å². The minimum atomic E-state index is -4.06. The van der Waals surface area contributed by atoms with Crippen molar-refractivity contribution in [2.45, 2.75) is 10.6 Å². The standard InChI is InChI=1S/C20H17FO6S/c1-25-19-15(13-9-10-27-11-13)8-7-14(18(19)20(22)26-2)12-28(23,24)17-6-4-3-5-16(17)21/h3-11H,12H2,1-2H3. The Balaban J connectivity index is 2.16. The molecule has 3 rings (SSSR count). The number of rotatable bonds is 6. The van der Waals surface area contributed by atoms with Gasteiger partial charge in [-0.05, 0) is 23.8 Å². The van der Waals surface area contributed by atoms with E-state index in [-0.39, 0.29) is 16.9 Å². The summed E-state index contributed by atoms with van der Waals surface area (Å²) >= 11 is 0. The molecule has 1 aromatic heterocycles. The normalized spacial score (nSPS) is 11.2. The van der Waals surface area contributed by atoms with Crippen molar-refractivity contribution in [2.24, 2.45) is 0 Å². The van der Waals surface area contributed by atoms with Crippen molar-refractivity contribution in [3.8, 4) is 16.9 Å². The van der Waals surface area contributed by atoms with Crippen molar-refractivity contribution in [1.82, 2.24) is 0 Å². The Morgan fingerprint density at radius 1 is 1.11 bits per heavy atom. The summed E-state index contributed by atoms with van der Waals surface area (Å²) < 4.78 is 54.8. The molecule has 0 aliphatic rings. The van der Waals surface area contributed by atoms with Crippen LogP contribution < -0.4 is 4.74 Å². The van der Waals surface area contributed by atoms with Crippen molar-refractivity contribution < 1.29 is 31.5 Å². The van der Waals surface area contributed by atoms with Crippen LogP contribution in [0.5, 0.6) is 5.75 Å². The van der Waals surface area contributed by atoms with Gasteiger partial charge in [0.15, 0.2) is 9.84 Å². The SMILES string of the molecule is COC(=O)c1c(CS(=O)(=O)c2ccccc2F)ccc(-c2ccoc2)c1OC. The third-order valence-corrected chi connectivity index (χ3v) is 5.88. The predicted octanol–water partition coefficient (Wildman–Crippen LogP) is 3.85. The fourth-order valence-electron chi connectivity index (χ4n) is 2.91. The van der Waals surface area contributed by atoms with Gasteiger partial charge in [-0.2, -0.15) is 0 Å². The van der Waals surface area contributed by atoms with E-state index in [1.54, 1.807) is 12.1 Å². The highest BCUT2D eigenvalue weighted by molar-refractivity contribution is 7.90. The highest BCUT2D eigenvalue weighted by Gasteiger charge is 2.27. The molecule has 28 heavy (non-hydrogen) atoms. The van der Waals surface area contributed by atoms with Crippen LogP contribution in [0.2, 0.25) is 0 Å². The Kier molecular flexibility index (Phi) is 5.51. The van der Waals surface area contributed by atoms with Crippen LogP contribution >= 0.6 is 0 Å². The van der Waals surface area contributed by atoms with E-state index in [0.717, 1.165) is 6.07 Å². The second-order valence-corrected chi connectivity index (χ2v) is 7.83. The summed E-state index contributed by atoms with van der Waals surface area (Å²) in [7, 11) is -1.51. The van der Waals surface area contributed by atoms with Gasteiger partial charge >= 0.3 is 5.97 Å². The van der Waals surface area contributed by atoms with E-state index < -0.39 is 32.3 Å². The molecule has 0 spiro atoms. The van der Waals surface area contributed by atoms with Crippen LogP contribution in [0.15, 0.2) is 64.3 Å². The van der Waals surface area contributed by atoms with E-state index in [2.05, 4.69) is 0 Å². The monoisotopic (exact) mass is 404 g/mol. The molecule has 0 unspecified atom stereocenters. The molecule has 0 radical (unpaired) electrons. The lowest BCUT2D eigenvalue weighted by Crippen LogP contribution is -2.14. The lowest BCUT2D eigenvalue weighted by Gasteiger charge is -2.16. The van der Waals surface area contributed by atoms with E-state index in [1.165, 1.54) is 51.0 Å². The molecule has 0 fully saturated rings. The molecule has 0 amide bonds. The maximum absolute atomic E-state index is 14.0. The van der Waals surface area contributed by atoms with Gasteiger partial charge in [-0.15, -0.1) is 0 Å². The molecule has 0 N–H and O–H groups in total. The van der Waals surface area contributed by atoms with Crippen LogP contribution in [0.25, 0.3) is 11.1 Å². The number of halogens is 1. The van der Waals surface area contributed by atoms with Gasteiger partial charge in [-0.3, -0.25) is 0 Å². The molecule has 0 aliphatic heterocycles. The Bertz CT molecular complexity index is 1100. The van der Waals surface area contributed by atoms with Crippen molar-refractivity contribution in [3.05, 3.63) is 71.9 Å². The Hall–Kier alpha value is -3.13. The maximum Gasteiger partial charge on any atom is 0.341 e. The summed E-state index contributed by atoms with van der Waals surface area (Å²) in [4.78, 5) is 12.0. The number of esters is 1. The smallest absolute Gasteiger partial charge is 0.341 e. The van der Waals surface area contributed by atoms with E-state index in [4.69, 9.17) is 13.9 Å². The van der Waals surface area contributed by atoms with Crippen LogP contribution in [0, 0.1) is 5.82 Å². The quantitative estimate of drug-likeness (QED) is 0.581. The fourth-order valence-corrected chi connectivity index (χ4v) is 4.36. The zero-order chi connectivity index (χ0) is 20.3. The minimum Gasteiger partial charge on any atom is -0.495 e. The Morgan fingerprint density at radius 2 is 1.86 bits per heavy atom. The average Bonchev–Trinajstić information content (AvgIpc) is 3.21. The molecule has 3 aromatic rings. The average molecular weight is 404 g/mol.